The van der Waals surface area contributed by atoms with Gasteiger partial charge in [-0.25, -0.2) is 0 Å². The minimum Gasteiger partial charge on any atom is -0.465 e. The zero-order valence-corrected chi connectivity index (χ0v) is 27.3. The SMILES string of the molecule is CCCCCCCC[n+]1csc(CCOC(=O)CCC(=O)OCCc2sc[n+](CCCCCCCC)c2C)c1C. The Bertz CT molecular complexity index is 907. The van der Waals surface area contributed by atoms with E-state index < -0.39 is 0 Å². The average molecular weight is 595 g/mol. The first-order valence-electron chi connectivity index (χ1n) is 15.7. The molecular weight excluding hydrogens is 540 g/mol. The van der Waals surface area contributed by atoms with Gasteiger partial charge < -0.3 is 9.47 Å². The summed E-state index contributed by atoms with van der Waals surface area (Å²) in [5, 5.41) is 0. The second-order valence-electron chi connectivity index (χ2n) is 10.8. The van der Waals surface area contributed by atoms with E-state index in [0.717, 1.165) is 25.9 Å². The standard InChI is InChI=1S/C32H54N2O4S2/c1-5-7-9-11-13-15-21-33-25-39-29(27(33)3)19-23-37-31(35)17-18-32(36)38-24-20-30-28(4)34(26-40-30)22-16-14-12-10-8-6-2/h25-26H,5-24H2,1-4H3/q+2. The molecule has 0 atom stereocenters. The Kier molecular flexibility index (Phi) is 18.0. The van der Waals surface area contributed by atoms with E-state index in [1.165, 1.54) is 98.2 Å². The number of unbranched alkanes of at least 4 members (excludes halogenated alkanes) is 10. The molecule has 226 valence electrons. The Balaban J connectivity index is 1.55. The van der Waals surface area contributed by atoms with Crippen molar-refractivity contribution in [2.45, 2.75) is 144 Å². The Morgan fingerprint density at radius 3 is 1.40 bits per heavy atom. The fourth-order valence-electron chi connectivity index (χ4n) is 4.81. The van der Waals surface area contributed by atoms with E-state index in [9.17, 15) is 9.59 Å². The van der Waals surface area contributed by atoms with E-state index in [4.69, 9.17) is 9.47 Å². The summed E-state index contributed by atoms with van der Waals surface area (Å²) in [7, 11) is 0. The highest BCUT2D eigenvalue weighted by Crippen LogP contribution is 2.15. The summed E-state index contributed by atoms with van der Waals surface area (Å²) in [4.78, 5) is 26.8. The van der Waals surface area contributed by atoms with Crippen molar-refractivity contribution in [1.29, 1.82) is 0 Å². The van der Waals surface area contributed by atoms with Gasteiger partial charge in [-0.15, -0.1) is 0 Å². The largest absolute Gasteiger partial charge is 0.465 e. The zero-order chi connectivity index (χ0) is 29.0. The molecule has 40 heavy (non-hydrogen) atoms. The van der Waals surface area contributed by atoms with E-state index in [1.54, 1.807) is 22.7 Å². The molecule has 0 bridgehead atoms. The molecule has 0 fully saturated rings. The molecular formula is C32H54N2O4S2+2. The lowest BCUT2D eigenvalue weighted by atomic mass is 10.1. The van der Waals surface area contributed by atoms with E-state index in [0.29, 0.717) is 13.2 Å². The average Bonchev–Trinajstić information content (AvgIpc) is 3.48. The number of aryl methyl sites for hydroxylation is 2. The molecule has 0 radical (unpaired) electrons. The first-order chi connectivity index (χ1) is 19.5. The fourth-order valence-corrected chi connectivity index (χ4v) is 6.83. The first-order valence-corrected chi connectivity index (χ1v) is 17.5. The fraction of sp³-hybridized carbons (Fsp3) is 0.750. The number of nitrogens with zero attached hydrogens (tertiary/aromatic N) is 2. The molecule has 0 aliphatic rings. The number of carbonyl (C=O) groups excluding carboxylic acids is 2. The lowest BCUT2D eigenvalue weighted by Crippen LogP contribution is -2.34. The molecule has 2 rings (SSSR count). The molecule has 8 heteroatoms. The Morgan fingerprint density at radius 1 is 0.625 bits per heavy atom. The van der Waals surface area contributed by atoms with E-state index in [-0.39, 0.29) is 24.8 Å². The smallest absolute Gasteiger partial charge is 0.306 e. The number of hydrogen-bond acceptors (Lipinski definition) is 6. The maximum absolute atomic E-state index is 12.1. The normalized spacial score (nSPS) is 11.2. The van der Waals surface area contributed by atoms with Crippen LogP contribution >= 0.6 is 22.7 Å². The van der Waals surface area contributed by atoms with Crippen LogP contribution in [-0.2, 0) is 45.0 Å². The first kappa shape index (κ1) is 34.4. The van der Waals surface area contributed by atoms with Crippen molar-refractivity contribution in [3.63, 3.8) is 0 Å². The second kappa shape index (κ2) is 21.0. The molecule has 2 aromatic rings. The van der Waals surface area contributed by atoms with Gasteiger partial charge in [-0.1, -0.05) is 87.9 Å². The second-order valence-corrected chi connectivity index (χ2v) is 12.7. The molecule has 0 aromatic carbocycles. The highest BCUT2D eigenvalue weighted by atomic mass is 32.1. The van der Waals surface area contributed by atoms with Crippen LogP contribution in [0.2, 0.25) is 0 Å². The number of thiazole rings is 2. The van der Waals surface area contributed by atoms with Crippen molar-refractivity contribution in [2.24, 2.45) is 0 Å². The molecule has 0 spiro atoms. The number of hydrogen-bond donors (Lipinski definition) is 0. The van der Waals surface area contributed by atoms with Crippen LogP contribution in [0.5, 0.6) is 0 Å². The summed E-state index contributed by atoms with van der Waals surface area (Å²) in [5.41, 5.74) is 6.90. The zero-order valence-electron chi connectivity index (χ0n) is 25.6. The van der Waals surface area contributed by atoms with Gasteiger partial charge >= 0.3 is 11.9 Å². The number of carbonyl (C=O) groups is 2. The van der Waals surface area contributed by atoms with Crippen molar-refractivity contribution in [3.05, 3.63) is 32.2 Å². The Hall–Kier alpha value is -1.80. The maximum Gasteiger partial charge on any atom is 0.306 e. The number of aromatic nitrogens is 2. The predicted octanol–water partition coefficient (Wildman–Crippen LogP) is 7.37. The van der Waals surface area contributed by atoms with E-state index in [2.05, 4.69) is 47.9 Å². The summed E-state index contributed by atoms with van der Waals surface area (Å²) in [6.45, 7) is 11.6. The molecule has 0 saturated heterocycles. The van der Waals surface area contributed by atoms with Gasteiger partial charge in [0.1, 0.15) is 13.1 Å². The van der Waals surface area contributed by atoms with Crippen LogP contribution in [0.25, 0.3) is 0 Å². The van der Waals surface area contributed by atoms with Gasteiger partial charge in [0, 0.05) is 39.5 Å². The molecule has 0 N–H and O–H groups in total. The van der Waals surface area contributed by atoms with Crippen molar-refractivity contribution in [2.75, 3.05) is 13.2 Å². The van der Waals surface area contributed by atoms with Crippen LogP contribution in [0.4, 0.5) is 0 Å². The molecule has 0 aliphatic carbocycles. The quantitative estimate of drug-likeness (QED) is 0.0766. The molecule has 0 saturated carbocycles. The van der Waals surface area contributed by atoms with Crippen molar-refractivity contribution >= 4 is 34.6 Å². The molecule has 6 nitrogen and oxygen atoms in total. The number of esters is 2. The van der Waals surface area contributed by atoms with Gasteiger partial charge in [0.2, 0.25) is 11.0 Å². The van der Waals surface area contributed by atoms with E-state index in [1.807, 2.05) is 0 Å². The van der Waals surface area contributed by atoms with Crippen molar-refractivity contribution < 1.29 is 28.2 Å². The van der Waals surface area contributed by atoms with Crippen LogP contribution in [0.15, 0.2) is 11.0 Å². The summed E-state index contributed by atoms with van der Waals surface area (Å²) in [5.74, 6) is -0.674. The highest BCUT2D eigenvalue weighted by Gasteiger charge is 2.17. The van der Waals surface area contributed by atoms with Crippen LogP contribution in [-0.4, -0.2) is 25.2 Å². The minimum absolute atomic E-state index is 0.0660. The maximum atomic E-state index is 12.1. The molecule has 0 amide bonds. The third-order valence-electron chi connectivity index (χ3n) is 7.54. The summed E-state index contributed by atoms with van der Waals surface area (Å²) in [6.07, 6.45) is 17.1. The highest BCUT2D eigenvalue weighted by molar-refractivity contribution is 7.09. The number of ether oxygens (including phenoxy) is 2. The van der Waals surface area contributed by atoms with Crippen LogP contribution in [0.3, 0.4) is 0 Å². The lowest BCUT2D eigenvalue weighted by Gasteiger charge is -2.05. The van der Waals surface area contributed by atoms with E-state index >= 15 is 0 Å². The van der Waals surface area contributed by atoms with Crippen LogP contribution < -0.4 is 9.13 Å². The molecule has 0 aliphatic heterocycles. The molecule has 0 unspecified atom stereocenters. The van der Waals surface area contributed by atoms with Crippen LogP contribution in [0.1, 0.15) is 125 Å². The topological polar surface area (TPSA) is 60.4 Å². The van der Waals surface area contributed by atoms with Gasteiger partial charge in [-0.3, -0.25) is 9.59 Å². The summed E-state index contributed by atoms with van der Waals surface area (Å²) < 4.78 is 15.4. The van der Waals surface area contributed by atoms with Gasteiger partial charge in [0.05, 0.1) is 35.8 Å². The van der Waals surface area contributed by atoms with Gasteiger partial charge in [-0.05, 0) is 12.8 Å². The summed E-state index contributed by atoms with van der Waals surface area (Å²) in [6, 6.07) is 0. The Morgan fingerprint density at radius 2 is 1.00 bits per heavy atom. The van der Waals surface area contributed by atoms with Gasteiger partial charge in [0.25, 0.3) is 0 Å². The van der Waals surface area contributed by atoms with Crippen molar-refractivity contribution in [3.8, 4) is 0 Å². The third-order valence-corrected chi connectivity index (χ3v) is 9.82. The lowest BCUT2D eigenvalue weighted by molar-refractivity contribution is -0.698. The summed E-state index contributed by atoms with van der Waals surface area (Å²) >= 11 is 3.46. The minimum atomic E-state index is -0.337. The monoisotopic (exact) mass is 594 g/mol. The van der Waals surface area contributed by atoms with Crippen molar-refractivity contribution in [1.82, 2.24) is 0 Å². The number of rotatable bonds is 23. The van der Waals surface area contributed by atoms with Crippen LogP contribution in [0, 0.1) is 13.8 Å². The Labute approximate surface area is 251 Å². The predicted molar refractivity (Wildman–Crippen MR) is 164 cm³/mol. The van der Waals surface area contributed by atoms with Gasteiger partial charge in [-0.2, -0.15) is 9.13 Å². The molecule has 2 aromatic heterocycles. The third kappa shape index (κ3) is 13.7. The molecule has 2 heterocycles. The van der Waals surface area contributed by atoms with Gasteiger partial charge in [0.15, 0.2) is 11.4 Å².